The minimum absolute atomic E-state index is 0.124. The Bertz CT molecular complexity index is 896. The number of hydrogen-bond acceptors (Lipinski definition) is 4. The molecule has 1 aromatic carbocycles. The van der Waals surface area contributed by atoms with Crippen LogP contribution in [0.25, 0.3) is 21.8 Å². The Morgan fingerprint density at radius 3 is 2.84 bits per heavy atom. The number of nitro groups is 1. The van der Waals surface area contributed by atoms with Gasteiger partial charge in [0.15, 0.2) is 0 Å². The van der Waals surface area contributed by atoms with Crippen LogP contribution in [-0.2, 0) is 0 Å². The van der Waals surface area contributed by atoms with Gasteiger partial charge in [-0.2, -0.15) is 5.10 Å². The van der Waals surface area contributed by atoms with Crippen LogP contribution >= 0.6 is 11.6 Å². The standard InChI is InChI=1S/C11H7ClN4O3/c1-4-8-10(15-14-4)6-2-5(12)3-7(16(18)19)9(6)13-11(8)17/h2-3H,1H3,(H,13,17)(H,14,15). The highest BCUT2D eigenvalue weighted by Gasteiger charge is 2.19. The molecule has 8 heteroatoms. The summed E-state index contributed by atoms with van der Waals surface area (Å²) < 4.78 is 0. The fraction of sp³-hybridized carbons (Fsp3) is 0.0909. The molecule has 0 aliphatic carbocycles. The van der Waals surface area contributed by atoms with E-state index < -0.39 is 10.5 Å². The predicted octanol–water partition coefficient (Wildman–Crippen LogP) is 2.27. The maximum Gasteiger partial charge on any atom is 0.294 e. The van der Waals surface area contributed by atoms with Crippen LogP contribution in [0.4, 0.5) is 5.69 Å². The van der Waals surface area contributed by atoms with Gasteiger partial charge in [-0.1, -0.05) is 11.6 Å². The molecule has 0 saturated heterocycles. The number of nitrogens with zero attached hydrogens (tertiary/aromatic N) is 2. The van der Waals surface area contributed by atoms with Crippen molar-refractivity contribution in [2.24, 2.45) is 0 Å². The second-order valence-corrected chi connectivity index (χ2v) is 4.57. The first-order valence-corrected chi connectivity index (χ1v) is 5.71. The van der Waals surface area contributed by atoms with Crippen LogP contribution in [0.15, 0.2) is 16.9 Å². The third-order valence-corrected chi connectivity index (χ3v) is 3.17. The lowest BCUT2D eigenvalue weighted by molar-refractivity contribution is -0.383. The topological polar surface area (TPSA) is 105 Å². The lowest BCUT2D eigenvalue weighted by Crippen LogP contribution is -2.07. The summed E-state index contributed by atoms with van der Waals surface area (Å²) in [6.45, 7) is 1.70. The zero-order valence-electron chi connectivity index (χ0n) is 9.65. The number of halogens is 1. The molecule has 0 amide bonds. The van der Waals surface area contributed by atoms with E-state index in [1.807, 2.05) is 0 Å². The van der Waals surface area contributed by atoms with E-state index in [2.05, 4.69) is 15.2 Å². The van der Waals surface area contributed by atoms with E-state index in [9.17, 15) is 14.9 Å². The Morgan fingerprint density at radius 1 is 1.42 bits per heavy atom. The van der Waals surface area contributed by atoms with Gasteiger partial charge < -0.3 is 4.98 Å². The average Bonchev–Trinajstić information content (AvgIpc) is 2.72. The fourth-order valence-electron chi connectivity index (χ4n) is 2.13. The third-order valence-electron chi connectivity index (χ3n) is 2.95. The van der Waals surface area contributed by atoms with E-state index in [0.29, 0.717) is 22.0 Å². The zero-order valence-corrected chi connectivity index (χ0v) is 10.4. The molecule has 19 heavy (non-hydrogen) atoms. The molecule has 0 fully saturated rings. The molecule has 0 saturated carbocycles. The van der Waals surface area contributed by atoms with Crippen molar-refractivity contribution in [2.45, 2.75) is 6.92 Å². The van der Waals surface area contributed by atoms with Crippen molar-refractivity contribution >= 4 is 39.1 Å². The SMILES string of the molecule is Cc1[nH]nc2c1c(=O)[nH]c1c([N+](=O)[O-])cc(Cl)cc12. The molecular formula is C11H7ClN4O3. The summed E-state index contributed by atoms with van der Waals surface area (Å²) in [4.78, 5) is 24.9. The first kappa shape index (κ1) is 11.7. The maximum absolute atomic E-state index is 12.0. The number of aromatic amines is 2. The van der Waals surface area contributed by atoms with Crippen LogP contribution < -0.4 is 5.56 Å². The Kier molecular flexibility index (Phi) is 2.33. The van der Waals surface area contributed by atoms with Crippen molar-refractivity contribution in [3.05, 3.63) is 43.3 Å². The largest absolute Gasteiger partial charge is 0.316 e. The van der Waals surface area contributed by atoms with Gasteiger partial charge >= 0.3 is 0 Å². The van der Waals surface area contributed by atoms with Gasteiger partial charge in [0, 0.05) is 22.2 Å². The third kappa shape index (κ3) is 1.59. The highest BCUT2D eigenvalue weighted by molar-refractivity contribution is 6.32. The number of H-pyrrole nitrogens is 2. The predicted molar refractivity (Wildman–Crippen MR) is 70.6 cm³/mol. The van der Waals surface area contributed by atoms with E-state index in [0.717, 1.165) is 0 Å². The number of nitro benzene ring substituents is 1. The number of rotatable bonds is 1. The van der Waals surface area contributed by atoms with Gasteiger partial charge in [-0.05, 0) is 13.0 Å². The van der Waals surface area contributed by atoms with Crippen LogP contribution in [0.5, 0.6) is 0 Å². The number of pyridine rings is 1. The number of benzene rings is 1. The molecule has 0 radical (unpaired) electrons. The normalized spacial score (nSPS) is 11.3. The van der Waals surface area contributed by atoms with E-state index >= 15 is 0 Å². The van der Waals surface area contributed by atoms with Crippen LogP contribution in [0.3, 0.4) is 0 Å². The van der Waals surface area contributed by atoms with Gasteiger partial charge in [0.25, 0.3) is 11.2 Å². The second kappa shape index (κ2) is 3.79. The molecule has 96 valence electrons. The molecule has 0 atom stereocenters. The summed E-state index contributed by atoms with van der Waals surface area (Å²) in [5.74, 6) is 0. The summed E-state index contributed by atoms with van der Waals surface area (Å²) in [7, 11) is 0. The van der Waals surface area contributed by atoms with Crippen molar-refractivity contribution in [1.82, 2.24) is 15.2 Å². The van der Waals surface area contributed by atoms with E-state index in [-0.39, 0.29) is 16.2 Å². The average molecular weight is 279 g/mol. The summed E-state index contributed by atoms with van der Waals surface area (Å²) in [5, 5.41) is 18.8. The van der Waals surface area contributed by atoms with E-state index in [1.54, 1.807) is 13.0 Å². The van der Waals surface area contributed by atoms with Crippen LogP contribution in [0.2, 0.25) is 5.02 Å². The van der Waals surface area contributed by atoms with Gasteiger partial charge in [-0.3, -0.25) is 20.0 Å². The van der Waals surface area contributed by atoms with Gasteiger partial charge in [0.2, 0.25) is 0 Å². The van der Waals surface area contributed by atoms with Gasteiger partial charge in [0.1, 0.15) is 11.0 Å². The maximum atomic E-state index is 12.0. The quantitative estimate of drug-likeness (QED) is 0.526. The summed E-state index contributed by atoms with van der Waals surface area (Å²) in [5.41, 5.74) is 0.433. The van der Waals surface area contributed by atoms with Gasteiger partial charge in [-0.15, -0.1) is 0 Å². The highest BCUT2D eigenvalue weighted by Crippen LogP contribution is 2.31. The van der Waals surface area contributed by atoms with E-state index in [4.69, 9.17) is 11.6 Å². The number of nitrogens with one attached hydrogen (secondary N) is 2. The molecule has 2 aromatic heterocycles. The molecule has 2 heterocycles. The number of fused-ring (bicyclic) bond motifs is 3. The zero-order chi connectivity index (χ0) is 13.7. The lowest BCUT2D eigenvalue weighted by Gasteiger charge is -2.01. The Balaban J connectivity index is 2.64. The minimum atomic E-state index is -0.588. The van der Waals surface area contributed by atoms with Crippen LogP contribution in [0.1, 0.15) is 5.69 Å². The number of aromatic nitrogens is 3. The van der Waals surface area contributed by atoms with Crippen molar-refractivity contribution in [3.63, 3.8) is 0 Å². The van der Waals surface area contributed by atoms with E-state index in [1.165, 1.54) is 6.07 Å². The summed E-state index contributed by atoms with van der Waals surface area (Å²) >= 11 is 5.88. The summed E-state index contributed by atoms with van der Waals surface area (Å²) in [6, 6.07) is 2.74. The Labute approximate surface area is 110 Å². The van der Waals surface area contributed by atoms with Gasteiger partial charge in [-0.25, -0.2) is 0 Å². The molecule has 0 unspecified atom stereocenters. The molecule has 7 nitrogen and oxygen atoms in total. The molecule has 0 aliphatic rings. The van der Waals surface area contributed by atoms with Crippen molar-refractivity contribution in [2.75, 3.05) is 0 Å². The molecule has 2 N–H and O–H groups in total. The van der Waals surface area contributed by atoms with Crippen molar-refractivity contribution < 1.29 is 4.92 Å². The number of non-ortho nitro benzene ring substituents is 1. The molecule has 3 aromatic rings. The number of hydrogen-bond donors (Lipinski definition) is 2. The van der Waals surface area contributed by atoms with Crippen molar-refractivity contribution in [1.29, 1.82) is 0 Å². The number of aryl methyl sites for hydroxylation is 1. The highest BCUT2D eigenvalue weighted by atomic mass is 35.5. The van der Waals surface area contributed by atoms with Crippen molar-refractivity contribution in [3.8, 4) is 0 Å². The minimum Gasteiger partial charge on any atom is -0.316 e. The Hall–Kier alpha value is -2.41. The summed E-state index contributed by atoms with van der Waals surface area (Å²) in [6.07, 6.45) is 0. The Morgan fingerprint density at radius 2 is 2.16 bits per heavy atom. The molecule has 0 bridgehead atoms. The monoisotopic (exact) mass is 278 g/mol. The smallest absolute Gasteiger partial charge is 0.294 e. The first-order chi connectivity index (χ1) is 8.99. The first-order valence-electron chi connectivity index (χ1n) is 5.33. The molecule has 0 spiro atoms. The molecular weight excluding hydrogens is 272 g/mol. The molecule has 3 rings (SSSR count). The second-order valence-electron chi connectivity index (χ2n) is 4.13. The van der Waals surface area contributed by atoms with Gasteiger partial charge in [0.05, 0.1) is 10.3 Å². The lowest BCUT2D eigenvalue weighted by atomic mass is 10.1. The molecule has 0 aliphatic heterocycles. The fourth-order valence-corrected chi connectivity index (χ4v) is 2.34. The van der Waals surface area contributed by atoms with Crippen LogP contribution in [-0.4, -0.2) is 20.1 Å². The van der Waals surface area contributed by atoms with Crippen LogP contribution in [0, 0.1) is 17.0 Å².